The molecule has 23 heavy (non-hydrogen) atoms. The summed E-state index contributed by atoms with van der Waals surface area (Å²) >= 11 is 1.78. The van der Waals surface area contributed by atoms with Crippen LogP contribution in [0.4, 0.5) is 0 Å². The van der Waals surface area contributed by atoms with Gasteiger partial charge in [-0.1, -0.05) is 12.5 Å². The number of nitrogens with zero attached hydrogens (tertiary/aromatic N) is 3. The van der Waals surface area contributed by atoms with Crippen LogP contribution in [-0.2, 0) is 12.8 Å². The summed E-state index contributed by atoms with van der Waals surface area (Å²) in [5, 5.41) is 15.0. The molecular weight excluding hydrogens is 308 g/mol. The van der Waals surface area contributed by atoms with E-state index in [1.807, 2.05) is 18.2 Å². The number of aromatic nitrogens is 4. The number of H-pyrrole nitrogens is 1. The first-order valence-corrected chi connectivity index (χ1v) is 8.88. The maximum atomic E-state index is 12.8. The summed E-state index contributed by atoms with van der Waals surface area (Å²) in [6, 6.07) is 5.84. The zero-order valence-electron chi connectivity index (χ0n) is 12.6. The third-order valence-corrected chi connectivity index (χ3v) is 6.72. The van der Waals surface area contributed by atoms with Gasteiger partial charge < -0.3 is 0 Å². The van der Waals surface area contributed by atoms with Gasteiger partial charge in [0.25, 0.3) is 0 Å². The summed E-state index contributed by atoms with van der Waals surface area (Å²) in [5.74, 6) is 0.569. The summed E-state index contributed by atoms with van der Waals surface area (Å²) in [7, 11) is 0. The highest BCUT2D eigenvalue weighted by atomic mass is 32.1. The third-order valence-electron chi connectivity index (χ3n) is 5.53. The fourth-order valence-corrected chi connectivity index (χ4v) is 5.44. The van der Waals surface area contributed by atoms with Crippen molar-refractivity contribution in [2.24, 2.45) is 5.41 Å². The number of nitrogens with one attached hydrogen (secondary N) is 1. The van der Waals surface area contributed by atoms with E-state index in [1.54, 1.807) is 11.3 Å². The molecule has 1 fully saturated rings. The van der Waals surface area contributed by atoms with E-state index in [-0.39, 0.29) is 5.43 Å². The largest absolute Gasteiger partial charge is 0.289 e. The van der Waals surface area contributed by atoms with E-state index in [9.17, 15) is 4.79 Å². The molecule has 0 radical (unpaired) electrons. The lowest BCUT2D eigenvalue weighted by molar-refractivity contribution is 0.113. The molecule has 2 heterocycles. The predicted octanol–water partition coefficient (Wildman–Crippen LogP) is 3.10. The molecule has 1 N–H and O–H groups in total. The second-order valence-electron chi connectivity index (χ2n) is 6.81. The minimum absolute atomic E-state index is 0.225. The SMILES string of the molecule is O=c1c2c(sc3cc(-c4nn[nH]n4)ccc13)CC1(CCC1)CC2. The highest BCUT2D eigenvalue weighted by molar-refractivity contribution is 7.18. The first-order valence-electron chi connectivity index (χ1n) is 8.07. The number of aromatic amines is 1. The molecule has 116 valence electrons. The monoisotopic (exact) mass is 324 g/mol. The van der Waals surface area contributed by atoms with E-state index >= 15 is 0 Å². The summed E-state index contributed by atoms with van der Waals surface area (Å²) in [5.41, 5.74) is 2.68. The van der Waals surface area contributed by atoms with Gasteiger partial charge >= 0.3 is 0 Å². The quantitative estimate of drug-likeness (QED) is 0.746. The average molecular weight is 324 g/mol. The molecule has 1 aromatic carbocycles. The Balaban J connectivity index is 1.68. The Morgan fingerprint density at radius 2 is 2.13 bits per heavy atom. The number of rotatable bonds is 1. The average Bonchev–Trinajstić information content (AvgIpc) is 3.07. The van der Waals surface area contributed by atoms with Gasteiger partial charge in [-0.3, -0.25) is 4.79 Å². The van der Waals surface area contributed by atoms with Gasteiger partial charge in [-0.15, -0.1) is 21.5 Å². The molecule has 6 heteroatoms. The van der Waals surface area contributed by atoms with Crippen LogP contribution < -0.4 is 5.43 Å². The Morgan fingerprint density at radius 3 is 2.87 bits per heavy atom. The van der Waals surface area contributed by atoms with Crippen LogP contribution in [0.15, 0.2) is 23.0 Å². The lowest BCUT2D eigenvalue weighted by atomic mass is 9.61. The topological polar surface area (TPSA) is 71.5 Å². The Kier molecular flexibility index (Phi) is 2.74. The Labute approximate surface area is 136 Å². The maximum absolute atomic E-state index is 12.8. The van der Waals surface area contributed by atoms with Gasteiger partial charge in [-0.25, -0.2) is 0 Å². The smallest absolute Gasteiger partial charge is 0.204 e. The Hall–Kier alpha value is -2.08. The van der Waals surface area contributed by atoms with Crippen molar-refractivity contribution in [3.63, 3.8) is 0 Å². The fourth-order valence-electron chi connectivity index (χ4n) is 4.02. The first kappa shape index (κ1) is 13.4. The summed E-state index contributed by atoms with van der Waals surface area (Å²) in [6.45, 7) is 0. The van der Waals surface area contributed by atoms with Crippen LogP contribution in [0.5, 0.6) is 0 Å². The zero-order valence-corrected chi connectivity index (χ0v) is 13.4. The van der Waals surface area contributed by atoms with Crippen molar-refractivity contribution >= 4 is 21.4 Å². The highest BCUT2D eigenvalue weighted by Crippen LogP contribution is 2.50. The third kappa shape index (κ3) is 1.97. The second kappa shape index (κ2) is 4.71. The summed E-state index contributed by atoms with van der Waals surface area (Å²) in [6.07, 6.45) is 7.23. The van der Waals surface area contributed by atoms with E-state index in [0.29, 0.717) is 11.2 Å². The van der Waals surface area contributed by atoms with E-state index in [2.05, 4.69) is 20.6 Å². The number of hydrogen-bond donors (Lipinski definition) is 1. The summed E-state index contributed by atoms with van der Waals surface area (Å²) < 4.78 is 1.03. The van der Waals surface area contributed by atoms with Gasteiger partial charge in [0.15, 0.2) is 5.43 Å². The highest BCUT2D eigenvalue weighted by Gasteiger charge is 2.40. The predicted molar refractivity (Wildman–Crippen MR) is 89.6 cm³/mol. The van der Waals surface area contributed by atoms with Gasteiger partial charge in [0.05, 0.1) is 0 Å². The zero-order chi connectivity index (χ0) is 15.4. The number of hydrogen-bond acceptors (Lipinski definition) is 5. The van der Waals surface area contributed by atoms with Gasteiger partial charge in [0.1, 0.15) is 0 Å². The summed E-state index contributed by atoms with van der Waals surface area (Å²) in [4.78, 5) is 14.1. The van der Waals surface area contributed by atoms with E-state index < -0.39 is 0 Å². The molecule has 2 aliphatic carbocycles. The van der Waals surface area contributed by atoms with Crippen molar-refractivity contribution in [1.82, 2.24) is 20.6 Å². The Bertz CT molecular complexity index is 957. The molecule has 2 aromatic heterocycles. The fraction of sp³-hybridized carbons (Fsp3) is 0.412. The maximum Gasteiger partial charge on any atom is 0.204 e. The van der Waals surface area contributed by atoms with Gasteiger partial charge in [-0.05, 0) is 54.9 Å². The molecule has 3 aromatic rings. The van der Waals surface area contributed by atoms with Crippen molar-refractivity contribution in [1.29, 1.82) is 0 Å². The normalized spacial score (nSPS) is 18.8. The molecule has 5 rings (SSSR count). The van der Waals surface area contributed by atoms with E-state index in [0.717, 1.165) is 34.1 Å². The van der Waals surface area contributed by atoms with Crippen LogP contribution in [0, 0.1) is 5.41 Å². The van der Waals surface area contributed by atoms with Gasteiger partial charge in [0.2, 0.25) is 5.82 Å². The molecule has 5 nitrogen and oxygen atoms in total. The lowest BCUT2D eigenvalue weighted by Gasteiger charge is -2.45. The van der Waals surface area contributed by atoms with Gasteiger partial charge in [-0.2, -0.15) is 5.21 Å². The van der Waals surface area contributed by atoms with Crippen LogP contribution in [-0.4, -0.2) is 20.6 Å². The van der Waals surface area contributed by atoms with Crippen LogP contribution in [0.1, 0.15) is 36.1 Å². The van der Waals surface area contributed by atoms with Crippen molar-refractivity contribution in [3.05, 3.63) is 38.9 Å². The molecule has 0 bridgehead atoms. The van der Waals surface area contributed by atoms with Crippen LogP contribution >= 0.6 is 11.3 Å². The molecule has 0 amide bonds. The minimum Gasteiger partial charge on any atom is -0.289 e. The van der Waals surface area contributed by atoms with Crippen LogP contribution in [0.25, 0.3) is 21.5 Å². The molecular formula is C17H16N4OS. The standard InChI is InChI=1S/C17H16N4OS/c22-15-11-3-2-10(16-18-20-21-19-16)8-13(11)23-14-9-17(5-1-6-17)7-4-12(14)15/h2-3,8H,1,4-7,9H2,(H,18,19,20,21). The minimum atomic E-state index is 0.225. The first-order chi connectivity index (χ1) is 11.2. The van der Waals surface area contributed by atoms with Crippen molar-refractivity contribution < 1.29 is 0 Å². The lowest BCUT2D eigenvalue weighted by Crippen LogP contribution is -2.36. The van der Waals surface area contributed by atoms with Crippen molar-refractivity contribution in [3.8, 4) is 11.4 Å². The molecule has 0 saturated heterocycles. The van der Waals surface area contributed by atoms with Crippen LogP contribution in [0.3, 0.4) is 0 Å². The van der Waals surface area contributed by atoms with Gasteiger partial charge in [0, 0.05) is 26.1 Å². The van der Waals surface area contributed by atoms with E-state index in [1.165, 1.54) is 30.6 Å². The van der Waals surface area contributed by atoms with Crippen molar-refractivity contribution in [2.45, 2.75) is 38.5 Å². The second-order valence-corrected chi connectivity index (χ2v) is 7.95. The van der Waals surface area contributed by atoms with E-state index in [4.69, 9.17) is 0 Å². The molecule has 1 saturated carbocycles. The number of tetrazole rings is 1. The molecule has 0 atom stereocenters. The molecule has 2 aliphatic rings. The van der Waals surface area contributed by atoms with Crippen molar-refractivity contribution in [2.75, 3.05) is 0 Å². The molecule has 0 unspecified atom stereocenters. The molecule has 1 spiro atoms. The molecule has 0 aliphatic heterocycles. The van der Waals surface area contributed by atoms with Crippen LogP contribution in [0.2, 0.25) is 0 Å². The number of fused-ring (bicyclic) bond motifs is 2. The Morgan fingerprint density at radius 1 is 1.22 bits per heavy atom. The number of benzene rings is 1.